The van der Waals surface area contributed by atoms with Crippen molar-refractivity contribution in [3.8, 4) is 5.75 Å². The highest BCUT2D eigenvalue weighted by atomic mass is 16.5. The molecule has 0 saturated carbocycles. The monoisotopic (exact) mass is 305 g/mol. The van der Waals surface area contributed by atoms with E-state index in [1.807, 2.05) is 0 Å². The van der Waals surface area contributed by atoms with Crippen molar-refractivity contribution in [2.24, 2.45) is 0 Å². The summed E-state index contributed by atoms with van der Waals surface area (Å²) < 4.78 is 5.03. The Bertz CT molecular complexity index is 536. The van der Waals surface area contributed by atoms with Gasteiger partial charge in [-0.2, -0.15) is 0 Å². The molecule has 22 heavy (non-hydrogen) atoms. The first kappa shape index (κ1) is 15.8. The molecule has 0 radical (unpaired) electrons. The van der Waals surface area contributed by atoms with Gasteiger partial charge in [-0.3, -0.25) is 14.4 Å². The van der Waals surface area contributed by atoms with Gasteiger partial charge in [0.2, 0.25) is 18.2 Å². The number of methoxy groups -OCH3 is 1. The molecule has 0 unspecified atom stereocenters. The van der Waals surface area contributed by atoms with E-state index in [2.05, 4.69) is 5.32 Å². The lowest BCUT2D eigenvalue weighted by Crippen LogP contribution is -2.48. The lowest BCUT2D eigenvalue weighted by Gasteiger charge is -2.32. The minimum absolute atomic E-state index is 0.201. The van der Waals surface area contributed by atoms with Gasteiger partial charge in [-0.1, -0.05) is 0 Å². The van der Waals surface area contributed by atoms with Crippen LogP contribution in [-0.4, -0.2) is 61.3 Å². The first-order valence-electron chi connectivity index (χ1n) is 7.03. The van der Waals surface area contributed by atoms with Crippen LogP contribution in [0.1, 0.15) is 6.42 Å². The summed E-state index contributed by atoms with van der Waals surface area (Å²) in [5.74, 6) is 0.117. The smallest absolute Gasteiger partial charge is 0.233 e. The van der Waals surface area contributed by atoms with E-state index >= 15 is 0 Å². The molecule has 7 heteroatoms. The molecule has 0 aromatic heterocycles. The molecule has 0 spiro atoms. The van der Waals surface area contributed by atoms with E-state index in [1.54, 1.807) is 41.2 Å². The van der Waals surface area contributed by atoms with Crippen LogP contribution < -0.4 is 10.1 Å². The average molecular weight is 305 g/mol. The SMILES string of the molecule is COc1ccc(NC(=O)CC(=O)N2CCN(C=O)CC2)cc1. The maximum Gasteiger partial charge on any atom is 0.233 e. The molecule has 1 aliphatic heterocycles. The summed E-state index contributed by atoms with van der Waals surface area (Å²) in [6.45, 7) is 1.95. The zero-order valence-electron chi connectivity index (χ0n) is 12.4. The summed E-state index contributed by atoms with van der Waals surface area (Å²) >= 11 is 0. The summed E-state index contributed by atoms with van der Waals surface area (Å²) in [5.41, 5.74) is 0.615. The quantitative estimate of drug-likeness (QED) is 0.628. The molecule has 1 aliphatic rings. The Labute approximate surface area is 128 Å². The Morgan fingerprint density at radius 2 is 1.82 bits per heavy atom. The molecule has 118 valence electrons. The van der Waals surface area contributed by atoms with Gasteiger partial charge in [-0.05, 0) is 24.3 Å². The highest BCUT2D eigenvalue weighted by Crippen LogP contribution is 2.15. The predicted molar refractivity (Wildman–Crippen MR) is 80.5 cm³/mol. The first-order valence-corrected chi connectivity index (χ1v) is 7.03. The van der Waals surface area contributed by atoms with Gasteiger partial charge in [-0.25, -0.2) is 0 Å². The van der Waals surface area contributed by atoms with Crippen molar-refractivity contribution in [1.82, 2.24) is 9.80 Å². The number of nitrogens with zero attached hydrogens (tertiary/aromatic N) is 2. The van der Waals surface area contributed by atoms with Crippen LogP contribution in [0.5, 0.6) is 5.75 Å². The van der Waals surface area contributed by atoms with E-state index in [-0.39, 0.29) is 18.2 Å². The Morgan fingerprint density at radius 3 is 2.36 bits per heavy atom. The Hall–Kier alpha value is -2.57. The number of nitrogens with one attached hydrogen (secondary N) is 1. The molecular formula is C15H19N3O4. The molecule has 0 atom stereocenters. The third-order valence-corrected chi connectivity index (χ3v) is 3.50. The molecule has 0 aliphatic carbocycles. The van der Waals surface area contributed by atoms with Crippen molar-refractivity contribution in [3.63, 3.8) is 0 Å². The fourth-order valence-corrected chi connectivity index (χ4v) is 2.21. The van der Waals surface area contributed by atoms with Gasteiger partial charge in [0.05, 0.1) is 7.11 Å². The first-order chi connectivity index (χ1) is 10.6. The van der Waals surface area contributed by atoms with E-state index in [1.165, 1.54) is 0 Å². The second kappa shape index (κ2) is 7.44. The van der Waals surface area contributed by atoms with Crippen molar-refractivity contribution < 1.29 is 19.1 Å². The molecule has 1 fully saturated rings. The maximum atomic E-state index is 12.0. The molecule has 1 saturated heterocycles. The molecule has 7 nitrogen and oxygen atoms in total. The largest absolute Gasteiger partial charge is 0.497 e. The number of ether oxygens (including phenoxy) is 1. The summed E-state index contributed by atoms with van der Waals surface area (Å²) in [5, 5.41) is 2.67. The van der Waals surface area contributed by atoms with Crippen LogP contribution in [0.15, 0.2) is 24.3 Å². The number of amides is 3. The third-order valence-electron chi connectivity index (χ3n) is 3.50. The molecule has 1 N–H and O–H groups in total. The normalized spacial score (nSPS) is 14.4. The number of anilines is 1. The van der Waals surface area contributed by atoms with Gasteiger partial charge in [0, 0.05) is 31.9 Å². The number of carbonyl (C=O) groups is 3. The fourth-order valence-electron chi connectivity index (χ4n) is 2.21. The molecule has 1 aromatic carbocycles. The summed E-state index contributed by atoms with van der Waals surface area (Å²) in [4.78, 5) is 37.7. The zero-order valence-corrected chi connectivity index (χ0v) is 12.4. The van der Waals surface area contributed by atoms with Crippen molar-refractivity contribution in [3.05, 3.63) is 24.3 Å². The van der Waals surface area contributed by atoms with Crippen LogP contribution in [0.2, 0.25) is 0 Å². The topological polar surface area (TPSA) is 79.0 Å². The summed E-state index contributed by atoms with van der Waals surface area (Å²) in [6.07, 6.45) is 0.575. The predicted octanol–water partition coefficient (Wildman–Crippen LogP) is 0.324. The van der Waals surface area contributed by atoms with Crippen LogP contribution in [-0.2, 0) is 14.4 Å². The van der Waals surface area contributed by atoms with E-state index in [0.717, 1.165) is 6.41 Å². The van der Waals surface area contributed by atoms with Crippen molar-refractivity contribution in [2.45, 2.75) is 6.42 Å². The van der Waals surface area contributed by atoms with Gasteiger partial charge in [-0.15, -0.1) is 0 Å². The lowest BCUT2D eigenvalue weighted by atomic mass is 10.2. The van der Waals surface area contributed by atoms with Crippen LogP contribution in [0, 0.1) is 0 Å². The maximum absolute atomic E-state index is 12.0. The molecule has 1 aromatic rings. The van der Waals surface area contributed by atoms with Crippen molar-refractivity contribution in [1.29, 1.82) is 0 Å². The number of piperazine rings is 1. The Balaban J connectivity index is 1.81. The summed E-state index contributed by atoms with van der Waals surface area (Å²) in [6, 6.07) is 6.89. The average Bonchev–Trinajstić information content (AvgIpc) is 2.55. The summed E-state index contributed by atoms with van der Waals surface area (Å²) in [7, 11) is 1.57. The highest BCUT2D eigenvalue weighted by molar-refractivity contribution is 6.03. The van der Waals surface area contributed by atoms with Crippen LogP contribution >= 0.6 is 0 Å². The minimum atomic E-state index is -0.354. The Kier molecular flexibility index (Phi) is 5.35. The molecular weight excluding hydrogens is 286 g/mol. The fraction of sp³-hybridized carbons (Fsp3) is 0.400. The number of hydrogen-bond donors (Lipinski definition) is 1. The van der Waals surface area contributed by atoms with E-state index in [9.17, 15) is 14.4 Å². The van der Waals surface area contributed by atoms with Crippen molar-refractivity contribution in [2.75, 3.05) is 38.6 Å². The van der Waals surface area contributed by atoms with Gasteiger partial charge in [0.1, 0.15) is 12.2 Å². The van der Waals surface area contributed by atoms with Crippen LogP contribution in [0.4, 0.5) is 5.69 Å². The van der Waals surface area contributed by atoms with Crippen LogP contribution in [0.25, 0.3) is 0 Å². The van der Waals surface area contributed by atoms with E-state index in [0.29, 0.717) is 37.6 Å². The zero-order chi connectivity index (χ0) is 15.9. The molecule has 1 heterocycles. The van der Waals surface area contributed by atoms with Crippen molar-refractivity contribution >= 4 is 23.9 Å². The second-order valence-corrected chi connectivity index (χ2v) is 4.98. The standard InChI is InChI=1S/C15H19N3O4/c1-22-13-4-2-12(3-5-13)16-14(20)10-15(21)18-8-6-17(11-19)7-9-18/h2-5,11H,6-10H2,1H3,(H,16,20). The number of rotatable bonds is 5. The molecule has 3 amide bonds. The van der Waals surface area contributed by atoms with Gasteiger partial charge in [0.25, 0.3) is 0 Å². The van der Waals surface area contributed by atoms with Crippen LogP contribution in [0.3, 0.4) is 0 Å². The number of benzene rings is 1. The molecule has 2 rings (SSSR count). The molecule has 0 bridgehead atoms. The minimum Gasteiger partial charge on any atom is -0.497 e. The third kappa shape index (κ3) is 4.21. The van der Waals surface area contributed by atoms with Gasteiger partial charge < -0.3 is 19.9 Å². The number of carbonyl (C=O) groups excluding carboxylic acids is 3. The van der Waals surface area contributed by atoms with Gasteiger partial charge >= 0.3 is 0 Å². The second-order valence-electron chi connectivity index (χ2n) is 4.98. The lowest BCUT2D eigenvalue weighted by molar-refractivity contribution is -0.137. The van der Waals surface area contributed by atoms with Gasteiger partial charge in [0.15, 0.2) is 0 Å². The van der Waals surface area contributed by atoms with E-state index < -0.39 is 0 Å². The Morgan fingerprint density at radius 1 is 1.18 bits per heavy atom. The highest BCUT2D eigenvalue weighted by Gasteiger charge is 2.21. The van der Waals surface area contributed by atoms with E-state index in [4.69, 9.17) is 4.74 Å². The number of hydrogen-bond acceptors (Lipinski definition) is 4.